The van der Waals surface area contributed by atoms with Crippen LogP contribution in [0, 0.1) is 0 Å². The van der Waals surface area contributed by atoms with Crippen molar-refractivity contribution in [3.8, 4) is 5.75 Å². The number of ether oxygens (including phenoxy) is 2. The number of aliphatic hydroxyl groups is 1. The summed E-state index contributed by atoms with van der Waals surface area (Å²) in [5, 5.41) is 13.2. The van der Waals surface area contributed by atoms with E-state index in [-0.39, 0.29) is 12.1 Å². The Morgan fingerprint density at radius 3 is 2.50 bits per heavy atom. The molecule has 0 fully saturated rings. The van der Waals surface area contributed by atoms with Crippen molar-refractivity contribution in [2.45, 2.75) is 18.9 Å². The van der Waals surface area contributed by atoms with E-state index >= 15 is 0 Å². The van der Waals surface area contributed by atoms with E-state index in [1.165, 1.54) is 32.2 Å². The Morgan fingerprint density at radius 1 is 1.25 bits per heavy atom. The standard InChI is InChI=1S/C13H18F3NO3/c1-12(18,9-17-7-8-19-2)10-5-3-4-6-11(10)20-13(14,15)16/h3-6,17-18H,7-9H2,1-2H3. The van der Waals surface area contributed by atoms with Gasteiger partial charge in [-0.25, -0.2) is 0 Å². The molecular weight excluding hydrogens is 275 g/mol. The molecule has 0 bridgehead atoms. The van der Waals surface area contributed by atoms with Gasteiger partial charge in [-0.3, -0.25) is 0 Å². The first-order valence-electron chi connectivity index (χ1n) is 6.03. The molecular formula is C13H18F3NO3. The molecule has 1 aromatic rings. The van der Waals surface area contributed by atoms with Gasteiger partial charge in [-0.15, -0.1) is 13.2 Å². The lowest BCUT2D eigenvalue weighted by atomic mass is 9.95. The lowest BCUT2D eigenvalue weighted by molar-refractivity contribution is -0.275. The second-order valence-electron chi connectivity index (χ2n) is 4.49. The Kier molecular flexibility index (Phi) is 5.79. The van der Waals surface area contributed by atoms with Crippen LogP contribution in [0.15, 0.2) is 24.3 Å². The molecule has 0 aliphatic heterocycles. The van der Waals surface area contributed by atoms with Crippen LogP contribution < -0.4 is 10.1 Å². The van der Waals surface area contributed by atoms with Crippen molar-refractivity contribution in [2.24, 2.45) is 0 Å². The molecule has 20 heavy (non-hydrogen) atoms. The van der Waals surface area contributed by atoms with Crippen LogP contribution in [-0.2, 0) is 10.3 Å². The molecule has 0 spiro atoms. The molecule has 1 aromatic carbocycles. The lowest BCUT2D eigenvalue weighted by Crippen LogP contribution is -2.37. The summed E-state index contributed by atoms with van der Waals surface area (Å²) in [7, 11) is 1.53. The molecule has 1 rings (SSSR count). The van der Waals surface area contributed by atoms with Crippen LogP contribution in [0.1, 0.15) is 12.5 Å². The molecule has 0 amide bonds. The van der Waals surface area contributed by atoms with Crippen LogP contribution in [-0.4, -0.2) is 38.3 Å². The first-order chi connectivity index (χ1) is 9.26. The third kappa shape index (κ3) is 5.36. The minimum atomic E-state index is -4.80. The van der Waals surface area contributed by atoms with Crippen LogP contribution in [0.5, 0.6) is 5.75 Å². The fourth-order valence-corrected chi connectivity index (χ4v) is 1.73. The molecule has 0 heterocycles. The topological polar surface area (TPSA) is 50.7 Å². The number of benzene rings is 1. The van der Waals surface area contributed by atoms with Crippen LogP contribution in [0.2, 0.25) is 0 Å². The number of hydrogen-bond donors (Lipinski definition) is 2. The highest BCUT2D eigenvalue weighted by Gasteiger charge is 2.35. The molecule has 1 unspecified atom stereocenters. The lowest BCUT2D eigenvalue weighted by Gasteiger charge is -2.26. The maximum Gasteiger partial charge on any atom is 0.573 e. The number of nitrogens with one attached hydrogen (secondary N) is 1. The van der Waals surface area contributed by atoms with Gasteiger partial charge in [0.25, 0.3) is 0 Å². The fraction of sp³-hybridized carbons (Fsp3) is 0.538. The third-order valence-corrected chi connectivity index (χ3v) is 2.65. The highest BCUT2D eigenvalue weighted by atomic mass is 19.4. The summed E-state index contributed by atoms with van der Waals surface area (Å²) < 4.78 is 45.7. The summed E-state index contributed by atoms with van der Waals surface area (Å²) in [4.78, 5) is 0. The van der Waals surface area contributed by atoms with E-state index in [2.05, 4.69) is 10.1 Å². The van der Waals surface area contributed by atoms with Gasteiger partial charge in [0.2, 0.25) is 0 Å². The zero-order chi connectivity index (χ0) is 15.2. The Labute approximate surface area is 115 Å². The van der Waals surface area contributed by atoms with Crippen molar-refractivity contribution >= 4 is 0 Å². The second-order valence-corrected chi connectivity index (χ2v) is 4.49. The zero-order valence-electron chi connectivity index (χ0n) is 11.3. The number of rotatable bonds is 7. The van der Waals surface area contributed by atoms with Crippen LogP contribution in [0.4, 0.5) is 13.2 Å². The van der Waals surface area contributed by atoms with Gasteiger partial charge in [0, 0.05) is 25.8 Å². The minimum absolute atomic E-state index is 0.0715. The van der Waals surface area contributed by atoms with Crippen LogP contribution >= 0.6 is 0 Å². The maximum absolute atomic E-state index is 12.3. The van der Waals surface area contributed by atoms with Gasteiger partial charge in [0.1, 0.15) is 11.4 Å². The monoisotopic (exact) mass is 293 g/mol. The van der Waals surface area contributed by atoms with Gasteiger partial charge in [0.15, 0.2) is 0 Å². The van der Waals surface area contributed by atoms with Crippen molar-refractivity contribution in [3.05, 3.63) is 29.8 Å². The number of methoxy groups -OCH3 is 1. The average Bonchev–Trinajstić information content (AvgIpc) is 2.33. The Balaban J connectivity index is 2.82. The summed E-state index contributed by atoms with van der Waals surface area (Å²) in [6.45, 7) is 2.42. The van der Waals surface area contributed by atoms with Gasteiger partial charge in [0.05, 0.1) is 6.61 Å². The molecule has 1 atom stereocenters. The Bertz CT molecular complexity index is 422. The van der Waals surface area contributed by atoms with Crippen molar-refractivity contribution in [1.82, 2.24) is 5.32 Å². The maximum atomic E-state index is 12.3. The zero-order valence-corrected chi connectivity index (χ0v) is 11.3. The average molecular weight is 293 g/mol. The highest BCUT2D eigenvalue weighted by Crippen LogP contribution is 2.33. The fourth-order valence-electron chi connectivity index (χ4n) is 1.73. The van der Waals surface area contributed by atoms with E-state index in [9.17, 15) is 18.3 Å². The van der Waals surface area contributed by atoms with Gasteiger partial charge in [-0.05, 0) is 13.0 Å². The van der Waals surface area contributed by atoms with Gasteiger partial charge in [-0.1, -0.05) is 18.2 Å². The number of alkyl halides is 3. The quantitative estimate of drug-likeness (QED) is 0.755. The summed E-state index contributed by atoms with van der Waals surface area (Å²) in [5.41, 5.74) is -1.42. The molecule has 114 valence electrons. The molecule has 4 nitrogen and oxygen atoms in total. The second kappa shape index (κ2) is 6.92. The van der Waals surface area contributed by atoms with Crippen molar-refractivity contribution in [3.63, 3.8) is 0 Å². The summed E-state index contributed by atoms with van der Waals surface area (Å²) in [6, 6.07) is 5.53. The Morgan fingerprint density at radius 2 is 1.90 bits per heavy atom. The number of para-hydroxylation sites is 1. The van der Waals surface area contributed by atoms with E-state index in [0.29, 0.717) is 13.2 Å². The summed E-state index contributed by atoms with van der Waals surface area (Å²) >= 11 is 0. The van der Waals surface area contributed by atoms with Gasteiger partial charge < -0.3 is 19.9 Å². The van der Waals surface area contributed by atoms with E-state index in [1.807, 2.05) is 0 Å². The first-order valence-corrected chi connectivity index (χ1v) is 6.03. The van der Waals surface area contributed by atoms with E-state index < -0.39 is 17.7 Å². The van der Waals surface area contributed by atoms with Crippen LogP contribution in [0.3, 0.4) is 0 Å². The Hall–Kier alpha value is -1.31. The van der Waals surface area contributed by atoms with E-state index in [0.717, 1.165) is 0 Å². The largest absolute Gasteiger partial charge is 0.573 e. The molecule has 0 aliphatic carbocycles. The van der Waals surface area contributed by atoms with E-state index in [1.54, 1.807) is 6.07 Å². The first kappa shape index (κ1) is 16.7. The molecule has 0 saturated carbocycles. The van der Waals surface area contributed by atoms with Crippen LogP contribution in [0.25, 0.3) is 0 Å². The summed E-state index contributed by atoms with van der Waals surface area (Å²) in [6.07, 6.45) is -4.80. The highest BCUT2D eigenvalue weighted by molar-refractivity contribution is 5.38. The van der Waals surface area contributed by atoms with Crippen molar-refractivity contribution in [1.29, 1.82) is 0 Å². The molecule has 0 saturated heterocycles. The predicted octanol–water partition coefficient (Wildman–Crippen LogP) is 2.03. The minimum Gasteiger partial charge on any atom is -0.405 e. The van der Waals surface area contributed by atoms with Crippen molar-refractivity contribution < 1.29 is 27.8 Å². The predicted molar refractivity (Wildman–Crippen MR) is 67.4 cm³/mol. The van der Waals surface area contributed by atoms with Gasteiger partial charge >= 0.3 is 6.36 Å². The molecule has 0 aliphatic rings. The normalized spacial score (nSPS) is 14.9. The molecule has 0 radical (unpaired) electrons. The number of hydrogen-bond acceptors (Lipinski definition) is 4. The third-order valence-electron chi connectivity index (χ3n) is 2.65. The molecule has 0 aromatic heterocycles. The molecule has 7 heteroatoms. The summed E-state index contributed by atoms with van der Waals surface area (Å²) in [5.74, 6) is -0.404. The van der Waals surface area contributed by atoms with Crippen molar-refractivity contribution in [2.75, 3.05) is 26.8 Å². The smallest absolute Gasteiger partial charge is 0.405 e. The van der Waals surface area contributed by atoms with Gasteiger partial charge in [-0.2, -0.15) is 0 Å². The van der Waals surface area contributed by atoms with E-state index in [4.69, 9.17) is 4.74 Å². The number of halogens is 3. The SMILES string of the molecule is COCCNCC(C)(O)c1ccccc1OC(F)(F)F. The molecule has 2 N–H and O–H groups in total.